The Labute approximate surface area is 120 Å². The average molecular weight is 283 g/mol. The minimum Gasteiger partial charge on any atom is -0.337 e. The first kappa shape index (κ1) is 16.0. The minimum absolute atomic E-state index is 0.0561. The highest BCUT2D eigenvalue weighted by Gasteiger charge is 2.16. The van der Waals surface area contributed by atoms with Crippen molar-refractivity contribution in [3.63, 3.8) is 0 Å². The van der Waals surface area contributed by atoms with Gasteiger partial charge in [-0.3, -0.25) is 4.79 Å². The van der Waals surface area contributed by atoms with E-state index in [1.54, 1.807) is 4.90 Å². The first-order valence-electron chi connectivity index (χ1n) is 6.59. The molecule has 1 rings (SSSR count). The van der Waals surface area contributed by atoms with Gasteiger partial charge in [0.2, 0.25) is 5.91 Å². The summed E-state index contributed by atoms with van der Waals surface area (Å²) in [5, 5.41) is 3.92. The Hall–Kier alpha value is -1.06. The van der Waals surface area contributed by atoms with Crippen LogP contribution in [0.1, 0.15) is 33.3 Å². The number of amides is 1. The van der Waals surface area contributed by atoms with Crippen molar-refractivity contribution in [3.05, 3.63) is 34.9 Å². The fourth-order valence-corrected chi connectivity index (χ4v) is 1.86. The lowest BCUT2D eigenvalue weighted by Crippen LogP contribution is -2.44. The first-order chi connectivity index (χ1) is 8.83. The monoisotopic (exact) mass is 282 g/mol. The lowest BCUT2D eigenvalue weighted by atomic mass is 10.1. The van der Waals surface area contributed by atoms with Crippen LogP contribution in [0.5, 0.6) is 0 Å². The van der Waals surface area contributed by atoms with Gasteiger partial charge in [0.05, 0.1) is 6.54 Å². The van der Waals surface area contributed by atoms with Crippen molar-refractivity contribution < 1.29 is 4.79 Å². The van der Waals surface area contributed by atoms with Crippen LogP contribution >= 0.6 is 11.6 Å². The van der Waals surface area contributed by atoms with Crippen LogP contribution in [0.25, 0.3) is 0 Å². The molecule has 0 aliphatic rings. The van der Waals surface area contributed by atoms with Gasteiger partial charge in [0, 0.05) is 23.7 Å². The summed E-state index contributed by atoms with van der Waals surface area (Å²) in [6, 6.07) is 7.64. The van der Waals surface area contributed by atoms with Crippen molar-refractivity contribution >= 4 is 17.5 Å². The highest BCUT2D eigenvalue weighted by atomic mass is 35.5. The van der Waals surface area contributed by atoms with Crippen molar-refractivity contribution in [2.75, 3.05) is 13.1 Å². The van der Waals surface area contributed by atoms with Crippen molar-refractivity contribution in [2.45, 2.75) is 39.8 Å². The van der Waals surface area contributed by atoms with Gasteiger partial charge in [-0.2, -0.15) is 0 Å². The number of benzene rings is 1. The maximum absolute atomic E-state index is 12.2. The van der Waals surface area contributed by atoms with Gasteiger partial charge in [-0.1, -0.05) is 29.8 Å². The molecule has 0 heterocycles. The van der Waals surface area contributed by atoms with Gasteiger partial charge in [-0.15, -0.1) is 0 Å². The van der Waals surface area contributed by atoms with Gasteiger partial charge in [0.25, 0.3) is 0 Å². The van der Waals surface area contributed by atoms with E-state index in [0.717, 1.165) is 5.56 Å². The number of carbonyl (C=O) groups excluding carboxylic acids is 1. The molecule has 0 fully saturated rings. The van der Waals surface area contributed by atoms with E-state index in [1.165, 1.54) is 0 Å². The predicted molar refractivity (Wildman–Crippen MR) is 80.3 cm³/mol. The maximum Gasteiger partial charge on any atom is 0.236 e. The van der Waals surface area contributed by atoms with E-state index in [0.29, 0.717) is 24.7 Å². The quantitative estimate of drug-likeness (QED) is 0.900. The second-order valence-electron chi connectivity index (χ2n) is 5.60. The third-order valence-corrected chi connectivity index (χ3v) is 3.19. The van der Waals surface area contributed by atoms with E-state index in [9.17, 15) is 4.79 Å². The van der Waals surface area contributed by atoms with Gasteiger partial charge in [-0.05, 0) is 39.3 Å². The van der Waals surface area contributed by atoms with Crippen molar-refractivity contribution in [1.82, 2.24) is 10.2 Å². The largest absolute Gasteiger partial charge is 0.337 e. The molecule has 3 nitrogen and oxygen atoms in total. The van der Waals surface area contributed by atoms with E-state index in [-0.39, 0.29) is 11.4 Å². The number of rotatable bonds is 5. The number of nitrogens with one attached hydrogen (secondary N) is 1. The van der Waals surface area contributed by atoms with E-state index in [2.05, 4.69) is 5.32 Å². The second kappa shape index (κ2) is 6.92. The zero-order valence-corrected chi connectivity index (χ0v) is 12.9. The molecule has 0 radical (unpaired) electrons. The fraction of sp³-hybridized carbons (Fsp3) is 0.533. The number of nitrogens with zero attached hydrogens (tertiary/aromatic N) is 1. The second-order valence-corrected chi connectivity index (χ2v) is 6.01. The van der Waals surface area contributed by atoms with Crippen LogP contribution in [0.3, 0.4) is 0 Å². The molecule has 106 valence electrons. The highest BCUT2D eigenvalue weighted by Crippen LogP contribution is 2.17. The van der Waals surface area contributed by atoms with Gasteiger partial charge in [-0.25, -0.2) is 0 Å². The molecule has 1 aromatic carbocycles. The van der Waals surface area contributed by atoms with Crippen LogP contribution in [0.4, 0.5) is 0 Å². The van der Waals surface area contributed by atoms with E-state index in [4.69, 9.17) is 11.6 Å². The van der Waals surface area contributed by atoms with Crippen LogP contribution in [0, 0.1) is 0 Å². The van der Waals surface area contributed by atoms with Gasteiger partial charge >= 0.3 is 0 Å². The van der Waals surface area contributed by atoms with Crippen molar-refractivity contribution in [2.24, 2.45) is 0 Å². The Morgan fingerprint density at radius 1 is 1.32 bits per heavy atom. The van der Waals surface area contributed by atoms with Crippen LogP contribution in [0.15, 0.2) is 24.3 Å². The molecule has 0 aliphatic heterocycles. The molecule has 0 unspecified atom stereocenters. The Morgan fingerprint density at radius 2 is 1.95 bits per heavy atom. The van der Waals surface area contributed by atoms with Crippen LogP contribution < -0.4 is 5.32 Å². The van der Waals surface area contributed by atoms with Gasteiger partial charge in [0.1, 0.15) is 0 Å². The molecule has 0 aliphatic carbocycles. The van der Waals surface area contributed by atoms with Crippen LogP contribution in [0.2, 0.25) is 5.02 Å². The van der Waals surface area contributed by atoms with E-state index < -0.39 is 0 Å². The molecule has 1 amide bonds. The zero-order chi connectivity index (χ0) is 14.5. The third kappa shape index (κ3) is 5.62. The van der Waals surface area contributed by atoms with Crippen LogP contribution in [-0.4, -0.2) is 29.4 Å². The summed E-state index contributed by atoms with van der Waals surface area (Å²) >= 11 is 6.13. The molecule has 4 heteroatoms. The Kier molecular flexibility index (Phi) is 5.83. The molecule has 1 aromatic rings. The molecule has 0 aromatic heterocycles. The smallest absolute Gasteiger partial charge is 0.236 e. The average Bonchev–Trinajstić information content (AvgIpc) is 2.34. The summed E-state index contributed by atoms with van der Waals surface area (Å²) in [5.74, 6) is 0.0948. The standard InChI is InChI=1S/C15H23ClN2O/c1-5-18(14(19)10-17-15(2,3)4)11-12-8-6-7-9-13(12)16/h6-9,17H,5,10-11H2,1-4H3. The zero-order valence-electron chi connectivity index (χ0n) is 12.2. The third-order valence-electron chi connectivity index (χ3n) is 2.82. The fourth-order valence-electron chi connectivity index (χ4n) is 1.66. The molecular formula is C15H23ClN2O. The van der Waals surface area contributed by atoms with Crippen molar-refractivity contribution in [3.8, 4) is 0 Å². The summed E-state index contributed by atoms with van der Waals surface area (Å²) in [7, 11) is 0. The van der Waals surface area contributed by atoms with E-state index >= 15 is 0 Å². The van der Waals surface area contributed by atoms with Gasteiger partial charge < -0.3 is 10.2 Å². The molecule has 19 heavy (non-hydrogen) atoms. The summed E-state index contributed by atoms with van der Waals surface area (Å²) in [5.41, 5.74) is 0.926. The minimum atomic E-state index is -0.0561. The number of halogens is 1. The number of hydrogen-bond acceptors (Lipinski definition) is 2. The molecule has 0 saturated heterocycles. The molecule has 0 spiro atoms. The lowest BCUT2D eigenvalue weighted by molar-refractivity contribution is -0.130. The number of likely N-dealkylation sites (N-methyl/N-ethyl adjacent to an activating group) is 1. The molecule has 0 saturated carbocycles. The molecule has 0 atom stereocenters. The summed E-state index contributed by atoms with van der Waals surface area (Å²) < 4.78 is 0. The topological polar surface area (TPSA) is 32.3 Å². The Balaban J connectivity index is 2.63. The number of carbonyl (C=O) groups is 1. The SMILES string of the molecule is CCN(Cc1ccccc1Cl)C(=O)CNC(C)(C)C. The lowest BCUT2D eigenvalue weighted by Gasteiger charge is -2.25. The normalized spacial score (nSPS) is 11.4. The maximum atomic E-state index is 12.2. The summed E-state index contributed by atoms with van der Waals surface area (Å²) in [6.45, 7) is 9.70. The number of hydrogen-bond donors (Lipinski definition) is 1. The Morgan fingerprint density at radius 3 is 2.47 bits per heavy atom. The summed E-state index contributed by atoms with van der Waals surface area (Å²) in [4.78, 5) is 14.0. The Bertz CT molecular complexity index is 426. The first-order valence-corrected chi connectivity index (χ1v) is 6.97. The van der Waals surface area contributed by atoms with Crippen LogP contribution in [-0.2, 0) is 11.3 Å². The molecule has 0 bridgehead atoms. The van der Waals surface area contributed by atoms with Crippen molar-refractivity contribution in [1.29, 1.82) is 0 Å². The molecule has 1 N–H and O–H groups in total. The van der Waals surface area contributed by atoms with Gasteiger partial charge in [0.15, 0.2) is 0 Å². The van der Waals surface area contributed by atoms with E-state index in [1.807, 2.05) is 52.0 Å². The highest BCUT2D eigenvalue weighted by molar-refractivity contribution is 6.31. The summed E-state index contributed by atoms with van der Waals surface area (Å²) in [6.07, 6.45) is 0. The predicted octanol–water partition coefficient (Wildman–Crippen LogP) is 3.08. The molecular weight excluding hydrogens is 260 g/mol.